The van der Waals surface area contributed by atoms with Crippen molar-refractivity contribution >= 4 is 7.82 Å². The Morgan fingerprint density at radius 2 is 0.589 bits per heavy atom. The van der Waals surface area contributed by atoms with Gasteiger partial charge in [-0.05, 0) is 32.1 Å². The monoisotopic (exact) mass is 820 g/mol. The lowest BCUT2D eigenvalue weighted by atomic mass is 9.99. The molecule has 0 radical (unpaired) electrons. The van der Waals surface area contributed by atoms with Crippen molar-refractivity contribution < 1.29 is 28.3 Å². The Bertz CT molecular complexity index is 756. The molecule has 0 aliphatic rings. The lowest BCUT2D eigenvalue weighted by molar-refractivity contribution is -0.0406. The summed E-state index contributed by atoms with van der Waals surface area (Å²) >= 11 is 0. The van der Waals surface area contributed by atoms with E-state index in [1.54, 1.807) is 0 Å². The van der Waals surface area contributed by atoms with Crippen LogP contribution in [0.1, 0.15) is 279 Å². The summed E-state index contributed by atoms with van der Waals surface area (Å²) in [5.41, 5.74) is 0. The molecule has 0 aromatic heterocycles. The summed E-state index contributed by atoms with van der Waals surface area (Å²) in [6, 6.07) is 0. The van der Waals surface area contributed by atoms with Gasteiger partial charge in [-0.2, -0.15) is 0 Å². The van der Waals surface area contributed by atoms with E-state index in [0.717, 1.165) is 70.6 Å². The molecule has 56 heavy (non-hydrogen) atoms. The molecule has 0 saturated carbocycles. The molecule has 0 rings (SSSR count). The normalized spacial score (nSPS) is 15.0. The van der Waals surface area contributed by atoms with Crippen molar-refractivity contribution in [3.63, 3.8) is 0 Å². The summed E-state index contributed by atoms with van der Waals surface area (Å²) in [7, 11) is -4.08. The van der Waals surface area contributed by atoms with E-state index >= 15 is 0 Å². The van der Waals surface area contributed by atoms with E-state index in [0.29, 0.717) is 32.3 Å². The second-order valence-electron chi connectivity index (χ2n) is 17.1. The zero-order valence-corrected chi connectivity index (χ0v) is 39.5. The first-order chi connectivity index (χ1) is 26.9. The van der Waals surface area contributed by atoms with Gasteiger partial charge in [0.15, 0.2) is 0 Å². The van der Waals surface area contributed by atoms with Crippen LogP contribution in [0.2, 0.25) is 0 Å². The van der Waals surface area contributed by atoms with Crippen LogP contribution < -0.4 is 6.15 Å². The number of hydrogen-bond donors (Lipinski definition) is 3. The van der Waals surface area contributed by atoms with Crippen molar-refractivity contribution in [1.29, 1.82) is 0 Å². The van der Waals surface area contributed by atoms with Gasteiger partial charge in [-0.25, -0.2) is 4.57 Å². The minimum absolute atomic E-state index is 0. The van der Waals surface area contributed by atoms with Crippen LogP contribution in [0.4, 0.5) is 0 Å². The van der Waals surface area contributed by atoms with E-state index in [4.69, 9.17) is 13.6 Å². The second kappa shape index (κ2) is 44.5. The molecule has 0 saturated heterocycles. The highest BCUT2D eigenvalue weighted by Crippen LogP contribution is 2.54. The fourth-order valence-corrected chi connectivity index (χ4v) is 9.38. The van der Waals surface area contributed by atoms with Gasteiger partial charge in [0.1, 0.15) is 0 Å². The first kappa shape index (κ1) is 58.1. The third-order valence-electron chi connectivity index (χ3n) is 11.5. The van der Waals surface area contributed by atoms with Crippen molar-refractivity contribution in [3.8, 4) is 0 Å². The van der Waals surface area contributed by atoms with Gasteiger partial charge in [0, 0.05) is 0 Å². The van der Waals surface area contributed by atoms with Crippen LogP contribution in [-0.2, 0) is 18.1 Å². The van der Waals surface area contributed by atoms with Gasteiger partial charge in [0.05, 0.1) is 31.0 Å². The number of unbranched alkanes of at least 4 members (excludes halogenated alkanes) is 29. The zero-order chi connectivity index (χ0) is 40.5. The first-order valence-corrected chi connectivity index (χ1v) is 26.3. The molecule has 5 N–H and O–H groups in total. The maximum atomic E-state index is 14.9. The molecule has 4 unspecified atom stereocenters. The highest BCUT2D eigenvalue weighted by atomic mass is 31.2. The SMILES string of the molecule is CCCCCCCCCCCCOP(=O)(OC(CCCCCCCC)C(O)CCCCCCCC)OC(CCCCCCCC)C(O)CCCCCCCC.N. The van der Waals surface area contributed by atoms with Gasteiger partial charge in [0.25, 0.3) is 0 Å². The fraction of sp³-hybridized carbons (Fsp3) is 1.00. The van der Waals surface area contributed by atoms with Crippen molar-refractivity contribution in [1.82, 2.24) is 6.15 Å². The lowest BCUT2D eigenvalue weighted by Gasteiger charge is -2.31. The zero-order valence-electron chi connectivity index (χ0n) is 38.6. The van der Waals surface area contributed by atoms with Crippen molar-refractivity contribution in [2.45, 2.75) is 303 Å². The minimum Gasteiger partial charge on any atom is -0.390 e. The maximum absolute atomic E-state index is 14.9. The fourth-order valence-electron chi connectivity index (χ4n) is 7.70. The van der Waals surface area contributed by atoms with Gasteiger partial charge >= 0.3 is 7.82 Å². The summed E-state index contributed by atoms with van der Waals surface area (Å²) in [5.74, 6) is 0. The van der Waals surface area contributed by atoms with Gasteiger partial charge in [-0.15, -0.1) is 0 Å². The Morgan fingerprint density at radius 1 is 0.357 bits per heavy atom. The lowest BCUT2D eigenvalue weighted by Crippen LogP contribution is -2.32. The summed E-state index contributed by atoms with van der Waals surface area (Å²) < 4.78 is 34.0. The second-order valence-corrected chi connectivity index (χ2v) is 18.7. The van der Waals surface area contributed by atoms with E-state index < -0.39 is 32.2 Å². The van der Waals surface area contributed by atoms with Gasteiger partial charge in [0.2, 0.25) is 0 Å². The molecule has 0 spiro atoms. The number of aliphatic hydroxyl groups excluding tert-OH is 2. The summed E-state index contributed by atoms with van der Waals surface area (Å²) in [4.78, 5) is 0. The average molecular weight is 820 g/mol. The van der Waals surface area contributed by atoms with E-state index in [1.807, 2.05) is 0 Å². The van der Waals surface area contributed by atoms with E-state index in [-0.39, 0.29) is 6.15 Å². The molecule has 0 aliphatic carbocycles. The topological polar surface area (TPSA) is 120 Å². The third kappa shape index (κ3) is 37.0. The van der Waals surface area contributed by atoms with Crippen LogP contribution in [0.3, 0.4) is 0 Å². The van der Waals surface area contributed by atoms with Crippen molar-refractivity contribution in [2.75, 3.05) is 6.61 Å². The van der Waals surface area contributed by atoms with Crippen molar-refractivity contribution in [3.05, 3.63) is 0 Å². The minimum atomic E-state index is -4.08. The number of aliphatic hydroxyl groups is 2. The quantitative estimate of drug-likeness (QED) is 0.0413. The van der Waals surface area contributed by atoms with Crippen LogP contribution in [0.5, 0.6) is 0 Å². The molecular formula is C48H102NO6P. The summed E-state index contributed by atoms with van der Waals surface area (Å²) in [5, 5.41) is 23.1. The molecule has 0 aromatic carbocycles. The van der Waals surface area contributed by atoms with E-state index in [9.17, 15) is 14.8 Å². The number of rotatable bonds is 46. The highest BCUT2D eigenvalue weighted by Gasteiger charge is 2.38. The van der Waals surface area contributed by atoms with Crippen LogP contribution in [-0.4, -0.2) is 41.2 Å². The highest BCUT2D eigenvalue weighted by molar-refractivity contribution is 7.48. The Hall–Kier alpha value is -0.0100. The molecule has 0 fully saturated rings. The van der Waals surface area contributed by atoms with Gasteiger partial charge in [-0.1, -0.05) is 247 Å². The molecule has 8 heteroatoms. The van der Waals surface area contributed by atoms with Crippen molar-refractivity contribution in [2.24, 2.45) is 0 Å². The Morgan fingerprint density at radius 3 is 0.875 bits per heavy atom. The Kier molecular flexibility index (Phi) is 46.2. The van der Waals surface area contributed by atoms with Gasteiger partial charge in [-0.3, -0.25) is 13.6 Å². The molecule has 7 nitrogen and oxygen atoms in total. The summed E-state index contributed by atoms with van der Waals surface area (Å²) in [6.07, 6.45) is 39.6. The smallest absolute Gasteiger partial charge is 0.390 e. The first-order valence-electron chi connectivity index (χ1n) is 24.8. The van der Waals surface area contributed by atoms with E-state index in [2.05, 4.69) is 34.6 Å². The Labute approximate surface area is 351 Å². The average Bonchev–Trinajstić information content (AvgIpc) is 3.18. The molecule has 340 valence electrons. The number of phosphoric ester groups is 1. The molecular weight excluding hydrogens is 718 g/mol. The van der Waals surface area contributed by atoms with E-state index in [1.165, 1.54) is 148 Å². The predicted octanol–water partition coefficient (Wildman–Crippen LogP) is 16.7. The molecule has 0 bridgehead atoms. The molecule has 0 aromatic rings. The number of hydrogen-bond acceptors (Lipinski definition) is 7. The maximum Gasteiger partial charge on any atom is 0.475 e. The summed E-state index contributed by atoms with van der Waals surface area (Å²) in [6.45, 7) is 11.5. The van der Waals surface area contributed by atoms with Crippen LogP contribution in [0, 0.1) is 0 Å². The Balaban J connectivity index is 0. The predicted molar refractivity (Wildman–Crippen MR) is 244 cm³/mol. The van der Waals surface area contributed by atoms with Gasteiger partial charge < -0.3 is 16.4 Å². The third-order valence-corrected chi connectivity index (χ3v) is 13.1. The molecule has 0 heterocycles. The number of phosphoric acid groups is 1. The van der Waals surface area contributed by atoms with Crippen LogP contribution in [0.15, 0.2) is 0 Å². The molecule has 0 aliphatic heterocycles. The van der Waals surface area contributed by atoms with Crippen LogP contribution >= 0.6 is 7.82 Å². The molecule has 0 amide bonds. The van der Waals surface area contributed by atoms with Crippen LogP contribution in [0.25, 0.3) is 0 Å². The standard InChI is InChI=1S/C48H99O6P.H3N/c1-6-11-16-21-26-27-28-29-34-39-44-52-55(51,53-47(42-37-32-24-19-14-9-4)45(49)40-35-30-22-17-12-7-2)54-48(43-38-33-25-20-15-10-5)46(50)41-36-31-23-18-13-8-3;/h45-50H,6-44H2,1-5H3;1H3. The molecule has 4 atom stereocenters. The largest absolute Gasteiger partial charge is 0.475 e.